The van der Waals surface area contributed by atoms with Gasteiger partial charge < -0.3 is 0 Å². The average Bonchev–Trinajstić information content (AvgIpc) is 2.45. The molecule has 0 saturated carbocycles. The van der Waals surface area contributed by atoms with Crippen LogP contribution in [0.3, 0.4) is 0 Å². The molecule has 1 aromatic heterocycles. The molecule has 1 rings (SSSR count). The summed E-state index contributed by atoms with van der Waals surface area (Å²) in [4.78, 5) is 4.23. The van der Waals surface area contributed by atoms with Crippen LogP contribution >= 0.6 is 11.3 Å². The van der Waals surface area contributed by atoms with E-state index in [1.165, 1.54) is 0 Å². The third kappa shape index (κ3) is 2.89. The number of hydrogen-bond acceptors (Lipinski definition) is 2. The lowest BCUT2D eigenvalue weighted by Crippen LogP contribution is -1.73. The van der Waals surface area contributed by atoms with Crippen molar-refractivity contribution in [2.45, 2.75) is 19.8 Å². The van der Waals surface area contributed by atoms with Gasteiger partial charge >= 0.3 is 0 Å². The summed E-state index contributed by atoms with van der Waals surface area (Å²) < 4.78 is 0. The fourth-order valence-corrected chi connectivity index (χ4v) is 1.29. The van der Waals surface area contributed by atoms with Gasteiger partial charge in [-0.1, -0.05) is 12.0 Å². The Morgan fingerprint density at radius 1 is 1.75 bits per heavy atom. The highest BCUT2D eigenvalue weighted by atomic mass is 32.1. The van der Waals surface area contributed by atoms with Crippen molar-refractivity contribution < 1.29 is 0 Å². The van der Waals surface area contributed by atoms with Gasteiger partial charge in [0.1, 0.15) is 5.69 Å². The van der Waals surface area contributed by atoms with Crippen LogP contribution in [0.4, 0.5) is 0 Å². The number of rotatable bonds is 2. The summed E-state index contributed by atoms with van der Waals surface area (Å²) in [6.45, 7) is 5.61. The molecule has 0 unspecified atom stereocenters. The fourth-order valence-electron chi connectivity index (χ4n) is 0.748. The summed E-state index contributed by atoms with van der Waals surface area (Å²) in [5.74, 6) is 6.04. The molecule has 0 fully saturated rings. The molecule has 0 aromatic carbocycles. The van der Waals surface area contributed by atoms with E-state index in [9.17, 15) is 0 Å². The zero-order chi connectivity index (χ0) is 8.81. The number of thiazole rings is 1. The summed E-state index contributed by atoms with van der Waals surface area (Å²) in [5, 5.41) is 3.05. The molecule has 0 saturated heterocycles. The van der Waals surface area contributed by atoms with Crippen LogP contribution in [0.2, 0.25) is 0 Å². The molecule has 0 bridgehead atoms. The maximum absolute atomic E-state index is 4.23. The van der Waals surface area contributed by atoms with Gasteiger partial charge in [0.15, 0.2) is 0 Å². The van der Waals surface area contributed by atoms with E-state index in [2.05, 4.69) is 23.4 Å². The number of nitrogens with zero attached hydrogens (tertiary/aromatic N) is 1. The average molecular weight is 177 g/mol. The molecule has 1 nitrogen and oxygen atoms in total. The van der Waals surface area contributed by atoms with Gasteiger partial charge in [-0.3, -0.25) is 0 Å². The largest absolute Gasteiger partial charge is 0.233 e. The van der Waals surface area contributed by atoms with Crippen molar-refractivity contribution in [2.24, 2.45) is 0 Å². The lowest BCUT2D eigenvalue weighted by atomic mass is 10.3. The van der Waals surface area contributed by atoms with Crippen molar-refractivity contribution in [2.75, 3.05) is 0 Å². The quantitative estimate of drug-likeness (QED) is 0.384. The standard InChI is InChI=1S/C10H11NS/c1-3-4-5-6-7-10-8-12-9(2)11-10/h3,8H,1,4-5H2,2H3. The van der Waals surface area contributed by atoms with Crippen LogP contribution in [0.1, 0.15) is 23.5 Å². The lowest BCUT2D eigenvalue weighted by molar-refractivity contribution is 1.09. The van der Waals surface area contributed by atoms with Crippen LogP contribution in [0.15, 0.2) is 18.0 Å². The minimum atomic E-state index is 0.875. The van der Waals surface area contributed by atoms with Crippen LogP contribution in [0.5, 0.6) is 0 Å². The number of allylic oxidation sites excluding steroid dienone is 1. The second kappa shape index (κ2) is 4.74. The van der Waals surface area contributed by atoms with Crippen molar-refractivity contribution in [3.05, 3.63) is 28.7 Å². The Hall–Kier alpha value is -1.07. The molecule has 0 aliphatic heterocycles. The molecule has 0 spiro atoms. The van der Waals surface area contributed by atoms with E-state index < -0.39 is 0 Å². The van der Waals surface area contributed by atoms with Gasteiger partial charge in [-0.2, -0.15) is 0 Å². The summed E-state index contributed by atoms with van der Waals surface area (Å²) in [6, 6.07) is 0. The van der Waals surface area contributed by atoms with Crippen LogP contribution in [0.25, 0.3) is 0 Å². The Labute approximate surface area is 77.2 Å². The Balaban J connectivity index is 2.48. The van der Waals surface area contributed by atoms with Crippen molar-refractivity contribution in [1.29, 1.82) is 0 Å². The number of unbranched alkanes of at least 4 members (excludes halogenated alkanes) is 1. The van der Waals surface area contributed by atoms with E-state index in [-0.39, 0.29) is 0 Å². The first-order valence-corrected chi connectivity index (χ1v) is 4.73. The van der Waals surface area contributed by atoms with Gasteiger partial charge in [0.25, 0.3) is 0 Å². The smallest absolute Gasteiger partial charge is 0.124 e. The van der Waals surface area contributed by atoms with Gasteiger partial charge in [0.2, 0.25) is 0 Å². The van der Waals surface area contributed by atoms with Crippen LogP contribution in [0, 0.1) is 18.8 Å². The SMILES string of the molecule is C=CCCC#Cc1csc(C)n1. The zero-order valence-corrected chi connectivity index (χ0v) is 7.95. The van der Waals surface area contributed by atoms with Gasteiger partial charge in [-0.15, -0.1) is 17.9 Å². The topological polar surface area (TPSA) is 12.9 Å². The van der Waals surface area contributed by atoms with Gasteiger partial charge in [0, 0.05) is 11.8 Å². The molecule has 0 aliphatic rings. The second-order valence-electron chi connectivity index (χ2n) is 2.38. The highest BCUT2D eigenvalue weighted by Gasteiger charge is 1.90. The first-order valence-electron chi connectivity index (χ1n) is 3.85. The van der Waals surface area contributed by atoms with Crippen LogP contribution in [-0.4, -0.2) is 4.98 Å². The summed E-state index contributed by atoms with van der Waals surface area (Å²) >= 11 is 1.63. The number of aryl methyl sites for hydroxylation is 1. The van der Waals surface area contributed by atoms with Gasteiger partial charge in [-0.25, -0.2) is 4.98 Å². The Morgan fingerprint density at radius 3 is 3.17 bits per heavy atom. The molecule has 0 radical (unpaired) electrons. The van der Waals surface area contributed by atoms with Crippen LogP contribution in [-0.2, 0) is 0 Å². The predicted octanol–water partition coefficient (Wildman–Crippen LogP) is 2.77. The predicted molar refractivity (Wildman–Crippen MR) is 53.2 cm³/mol. The molecule has 1 heterocycles. The fraction of sp³-hybridized carbons (Fsp3) is 0.300. The first kappa shape index (κ1) is 9.02. The van der Waals surface area contributed by atoms with E-state index in [1.807, 2.05) is 18.4 Å². The first-order chi connectivity index (χ1) is 5.83. The molecule has 0 amide bonds. The van der Waals surface area contributed by atoms with Crippen molar-refractivity contribution in [1.82, 2.24) is 4.98 Å². The molecule has 0 atom stereocenters. The normalized spacial score (nSPS) is 8.75. The molecule has 1 aromatic rings. The Morgan fingerprint density at radius 2 is 2.58 bits per heavy atom. The van der Waals surface area contributed by atoms with Gasteiger partial charge in [-0.05, 0) is 19.3 Å². The Kier molecular flexibility index (Phi) is 3.56. The number of hydrogen-bond donors (Lipinski definition) is 0. The minimum Gasteiger partial charge on any atom is -0.233 e. The summed E-state index contributed by atoms with van der Waals surface area (Å²) in [6.07, 6.45) is 3.71. The molecule has 0 N–H and O–H groups in total. The zero-order valence-electron chi connectivity index (χ0n) is 7.13. The maximum Gasteiger partial charge on any atom is 0.124 e. The van der Waals surface area contributed by atoms with Crippen molar-refractivity contribution >= 4 is 11.3 Å². The van der Waals surface area contributed by atoms with E-state index in [1.54, 1.807) is 11.3 Å². The molecule has 0 aliphatic carbocycles. The molecule has 2 heteroatoms. The molecule has 62 valence electrons. The molecular weight excluding hydrogens is 166 g/mol. The van der Waals surface area contributed by atoms with E-state index in [4.69, 9.17) is 0 Å². The van der Waals surface area contributed by atoms with Gasteiger partial charge in [0.05, 0.1) is 5.01 Å². The Bertz CT molecular complexity index is 314. The van der Waals surface area contributed by atoms with Crippen molar-refractivity contribution in [3.63, 3.8) is 0 Å². The van der Waals surface area contributed by atoms with Crippen molar-refractivity contribution in [3.8, 4) is 11.8 Å². The third-order valence-electron chi connectivity index (χ3n) is 1.31. The minimum absolute atomic E-state index is 0.875. The highest BCUT2D eigenvalue weighted by Crippen LogP contribution is 2.06. The van der Waals surface area contributed by atoms with E-state index in [0.717, 1.165) is 23.5 Å². The highest BCUT2D eigenvalue weighted by molar-refractivity contribution is 7.09. The monoisotopic (exact) mass is 177 g/mol. The van der Waals surface area contributed by atoms with E-state index in [0.29, 0.717) is 0 Å². The summed E-state index contributed by atoms with van der Waals surface area (Å²) in [5.41, 5.74) is 0.890. The molecule has 12 heavy (non-hydrogen) atoms. The lowest BCUT2D eigenvalue weighted by Gasteiger charge is -1.79. The second-order valence-corrected chi connectivity index (χ2v) is 3.44. The third-order valence-corrected chi connectivity index (χ3v) is 2.08. The number of aromatic nitrogens is 1. The summed E-state index contributed by atoms with van der Waals surface area (Å²) in [7, 11) is 0. The molecular formula is C10H11NS. The van der Waals surface area contributed by atoms with Crippen LogP contribution < -0.4 is 0 Å². The maximum atomic E-state index is 4.23. The van der Waals surface area contributed by atoms with E-state index >= 15 is 0 Å².